The van der Waals surface area contributed by atoms with Crippen molar-refractivity contribution in [2.75, 3.05) is 43.1 Å². The molecular formula is C22H24BrF5N4O3S. The number of alkyl halides is 4. The van der Waals surface area contributed by atoms with Gasteiger partial charge in [-0.05, 0) is 47.8 Å². The molecule has 1 aromatic heterocycles. The molecule has 0 bridgehead atoms. The number of nitrogens with zero attached hydrogens (tertiary/aromatic N) is 4. The van der Waals surface area contributed by atoms with Gasteiger partial charge in [0.25, 0.3) is 0 Å². The van der Waals surface area contributed by atoms with Crippen LogP contribution in [0.4, 0.5) is 27.8 Å². The molecule has 0 amide bonds. The van der Waals surface area contributed by atoms with Crippen molar-refractivity contribution in [2.24, 2.45) is 0 Å². The zero-order chi connectivity index (χ0) is 26.0. The van der Waals surface area contributed by atoms with Crippen molar-refractivity contribution in [3.05, 3.63) is 21.9 Å². The average molecular weight is 599 g/mol. The highest BCUT2D eigenvalue weighted by molar-refractivity contribution is 9.10. The van der Waals surface area contributed by atoms with Crippen molar-refractivity contribution >= 4 is 42.5 Å². The topological polar surface area (TPSA) is 75.6 Å². The molecular weight excluding hydrogens is 575 g/mol. The summed E-state index contributed by atoms with van der Waals surface area (Å²) in [6.07, 6.45) is -3.73. The van der Waals surface area contributed by atoms with Crippen LogP contribution in [0.25, 0.3) is 10.9 Å². The molecule has 0 spiro atoms. The fourth-order valence-corrected chi connectivity index (χ4v) is 7.91. The molecule has 0 saturated carbocycles. The lowest BCUT2D eigenvalue weighted by Gasteiger charge is -2.31. The number of hydrogen-bond acceptors (Lipinski definition) is 7. The highest BCUT2D eigenvalue weighted by atomic mass is 79.9. The van der Waals surface area contributed by atoms with E-state index >= 15 is 4.39 Å². The Balaban J connectivity index is 1.58. The van der Waals surface area contributed by atoms with Gasteiger partial charge in [-0.2, -0.15) is 23.1 Å². The van der Waals surface area contributed by atoms with Gasteiger partial charge < -0.3 is 9.64 Å². The second-order valence-electron chi connectivity index (χ2n) is 9.81. The van der Waals surface area contributed by atoms with E-state index in [4.69, 9.17) is 4.74 Å². The lowest BCUT2D eigenvalue weighted by molar-refractivity contribution is -0.138. The molecule has 1 aromatic carbocycles. The first-order valence-corrected chi connectivity index (χ1v) is 14.1. The molecule has 7 nitrogen and oxygen atoms in total. The van der Waals surface area contributed by atoms with Crippen LogP contribution >= 0.6 is 15.9 Å². The molecule has 2 aromatic rings. The lowest BCUT2D eigenvalue weighted by Crippen LogP contribution is -2.43. The Morgan fingerprint density at radius 3 is 2.75 bits per heavy atom. The SMILES string of the molecule is CN(c1nc(OC[C@@]23CCCN2C[C@H](F)C3)nc2c(F)c(Br)c(C(F)(F)F)cc12)C1CCS(=O)(=O)C1. The predicted molar refractivity (Wildman–Crippen MR) is 126 cm³/mol. The van der Waals surface area contributed by atoms with E-state index < -0.39 is 55.1 Å². The van der Waals surface area contributed by atoms with Crippen LogP contribution in [-0.4, -0.2) is 79.3 Å². The number of rotatable bonds is 5. The zero-order valence-corrected chi connectivity index (χ0v) is 21.7. The first-order valence-electron chi connectivity index (χ1n) is 11.5. The van der Waals surface area contributed by atoms with E-state index in [0.29, 0.717) is 13.0 Å². The number of fused-ring (bicyclic) bond motifs is 2. The molecule has 4 heterocycles. The third-order valence-electron chi connectivity index (χ3n) is 7.46. The number of ether oxygens (including phenoxy) is 1. The van der Waals surface area contributed by atoms with E-state index in [0.717, 1.165) is 19.0 Å². The molecule has 0 radical (unpaired) electrons. The maximum absolute atomic E-state index is 15.3. The van der Waals surface area contributed by atoms with Gasteiger partial charge in [-0.15, -0.1) is 0 Å². The minimum absolute atomic E-state index is 0.0450. The number of halogens is 6. The summed E-state index contributed by atoms with van der Waals surface area (Å²) in [5.74, 6) is -1.56. The standard InChI is InChI=1S/C22H24BrF5N4O3S/c1-31(13-3-6-36(33,34)10-13)19-14-7-15(22(26,27)28)16(23)17(25)18(14)29-20(30-19)35-11-21-4-2-5-32(21)9-12(24)8-21/h7,12-13H,2-6,8-11H2,1H3/t12-,13?,21+/m1/s1. The average Bonchev–Trinajstić information content (AvgIpc) is 3.44. The molecule has 36 heavy (non-hydrogen) atoms. The second-order valence-corrected chi connectivity index (χ2v) is 12.8. The fraction of sp³-hybridized carbons (Fsp3) is 0.636. The van der Waals surface area contributed by atoms with Crippen molar-refractivity contribution in [3.8, 4) is 6.01 Å². The van der Waals surface area contributed by atoms with Gasteiger partial charge >= 0.3 is 12.2 Å². The van der Waals surface area contributed by atoms with E-state index in [1.54, 1.807) is 0 Å². The maximum atomic E-state index is 15.3. The van der Waals surface area contributed by atoms with Crippen LogP contribution in [0.2, 0.25) is 0 Å². The summed E-state index contributed by atoms with van der Waals surface area (Å²) in [6, 6.07) is -0.0729. The molecule has 198 valence electrons. The summed E-state index contributed by atoms with van der Waals surface area (Å²) in [7, 11) is -1.81. The summed E-state index contributed by atoms with van der Waals surface area (Å²) in [4.78, 5) is 11.9. The Morgan fingerprint density at radius 1 is 1.33 bits per heavy atom. The monoisotopic (exact) mass is 598 g/mol. The zero-order valence-electron chi connectivity index (χ0n) is 19.3. The quantitative estimate of drug-likeness (QED) is 0.479. The first-order chi connectivity index (χ1) is 16.8. The molecule has 1 unspecified atom stereocenters. The van der Waals surface area contributed by atoms with Gasteiger partial charge in [0.2, 0.25) is 0 Å². The Morgan fingerprint density at radius 2 is 2.08 bits per heavy atom. The minimum atomic E-state index is -4.86. The summed E-state index contributed by atoms with van der Waals surface area (Å²) in [5.41, 5.74) is -2.17. The van der Waals surface area contributed by atoms with Crippen molar-refractivity contribution < 1.29 is 35.1 Å². The van der Waals surface area contributed by atoms with E-state index in [1.165, 1.54) is 11.9 Å². The van der Waals surface area contributed by atoms with E-state index in [2.05, 4.69) is 25.9 Å². The van der Waals surface area contributed by atoms with Gasteiger partial charge in [0.15, 0.2) is 15.7 Å². The highest BCUT2D eigenvalue weighted by Crippen LogP contribution is 2.43. The summed E-state index contributed by atoms with van der Waals surface area (Å²) in [6.45, 7) is 1.07. The number of benzene rings is 1. The molecule has 14 heteroatoms. The van der Waals surface area contributed by atoms with Crippen LogP contribution in [0.3, 0.4) is 0 Å². The molecule has 3 saturated heterocycles. The predicted octanol–water partition coefficient (Wildman–Crippen LogP) is 4.13. The van der Waals surface area contributed by atoms with Crippen LogP contribution < -0.4 is 9.64 Å². The number of hydrogen-bond donors (Lipinski definition) is 0. The molecule has 3 aliphatic heterocycles. The first kappa shape index (κ1) is 25.8. The third kappa shape index (κ3) is 4.53. The molecule has 0 N–H and O–H groups in total. The van der Waals surface area contributed by atoms with E-state index in [1.807, 2.05) is 4.90 Å². The Bertz CT molecular complexity index is 1310. The van der Waals surface area contributed by atoms with Crippen LogP contribution in [0.1, 0.15) is 31.2 Å². The van der Waals surface area contributed by atoms with Gasteiger partial charge in [-0.1, -0.05) is 0 Å². The van der Waals surface area contributed by atoms with Gasteiger partial charge in [-0.3, -0.25) is 4.90 Å². The molecule has 0 aliphatic carbocycles. The molecule has 3 atom stereocenters. The van der Waals surface area contributed by atoms with Crippen molar-refractivity contribution in [3.63, 3.8) is 0 Å². The summed E-state index contributed by atoms with van der Waals surface area (Å²) in [5, 5.41) is -0.215. The lowest BCUT2D eigenvalue weighted by atomic mass is 9.95. The second kappa shape index (κ2) is 8.90. The number of aromatic nitrogens is 2. The Labute approximate surface area is 213 Å². The molecule has 5 rings (SSSR count). The maximum Gasteiger partial charge on any atom is 0.417 e. The van der Waals surface area contributed by atoms with Crippen LogP contribution in [0.15, 0.2) is 10.5 Å². The van der Waals surface area contributed by atoms with Crippen molar-refractivity contribution in [1.82, 2.24) is 14.9 Å². The Hall–Kier alpha value is -1.80. The van der Waals surface area contributed by atoms with Gasteiger partial charge in [0, 0.05) is 31.4 Å². The normalized spacial score (nSPS) is 28.1. The highest BCUT2D eigenvalue weighted by Gasteiger charge is 2.49. The Kier molecular flexibility index (Phi) is 6.38. The molecule has 3 fully saturated rings. The van der Waals surface area contributed by atoms with Crippen LogP contribution in [0.5, 0.6) is 6.01 Å². The van der Waals surface area contributed by atoms with Gasteiger partial charge in [0.1, 0.15) is 24.1 Å². The summed E-state index contributed by atoms with van der Waals surface area (Å²) < 4.78 is 99.4. The van der Waals surface area contributed by atoms with Gasteiger partial charge in [0.05, 0.1) is 27.1 Å². The fourth-order valence-electron chi connectivity index (χ4n) is 5.61. The largest absolute Gasteiger partial charge is 0.461 e. The van der Waals surface area contributed by atoms with Crippen LogP contribution in [0, 0.1) is 5.82 Å². The molecule has 3 aliphatic rings. The third-order valence-corrected chi connectivity index (χ3v) is 9.98. The van der Waals surface area contributed by atoms with Crippen LogP contribution in [-0.2, 0) is 16.0 Å². The van der Waals surface area contributed by atoms with Crippen molar-refractivity contribution in [2.45, 2.75) is 49.6 Å². The number of anilines is 1. The number of sulfone groups is 1. The van der Waals surface area contributed by atoms with E-state index in [-0.39, 0.29) is 48.2 Å². The summed E-state index contributed by atoms with van der Waals surface area (Å²) >= 11 is 2.70. The van der Waals surface area contributed by atoms with Gasteiger partial charge in [-0.25, -0.2) is 17.2 Å². The minimum Gasteiger partial charge on any atom is -0.461 e. The van der Waals surface area contributed by atoms with Crippen molar-refractivity contribution in [1.29, 1.82) is 0 Å². The van der Waals surface area contributed by atoms with E-state index in [9.17, 15) is 26.0 Å². The smallest absolute Gasteiger partial charge is 0.417 e.